The van der Waals surface area contributed by atoms with E-state index in [1.54, 1.807) is 0 Å². The third-order valence-corrected chi connectivity index (χ3v) is 4.37. The lowest BCUT2D eigenvalue weighted by Gasteiger charge is -2.19. The Balaban J connectivity index is 1.62. The second-order valence-electron chi connectivity index (χ2n) is 6.14. The first-order valence-electron chi connectivity index (χ1n) is 8.66. The van der Waals surface area contributed by atoms with Gasteiger partial charge in [0.05, 0.1) is 6.04 Å². The van der Waals surface area contributed by atoms with E-state index in [0.717, 1.165) is 12.8 Å². The van der Waals surface area contributed by atoms with E-state index in [9.17, 15) is 4.79 Å². The minimum absolute atomic E-state index is 0.102. The maximum atomic E-state index is 12.4. The Bertz CT molecular complexity index is 792. The van der Waals surface area contributed by atoms with E-state index < -0.39 is 0 Å². The highest BCUT2D eigenvalue weighted by Gasteiger charge is 2.13. The number of para-hydroxylation sites is 1. The Kier molecular flexibility index (Phi) is 5.32. The highest BCUT2D eigenvalue weighted by atomic mass is 16.1. The van der Waals surface area contributed by atoms with Gasteiger partial charge in [-0.05, 0) is 29.5 Å². The molecule has 2 aromatic carbocycles. The molecule has 3 heteroatoms. The second kappa shape index (κ2) is 7.82. The summed E-state index contributed by atoms with van der Waals surface area (Å²) < 4.78 is 2.15. The van der Waals surface area contributed by atoms with Crippen molar-refractivity contribution >= 4 is 16.8 Å². The summed E-state index contributed by atoms with van der Waals surface area (Å²) in [4.78, 5) is 12.4. The van der Waals surface area contributed by atoms with Crippen LogP contribution in [-0.2, 0) is 11.3 Å². The van der Waals surface area contributed by atoms with Crippen LogP contribution in [0.4, 0.5) is 0 Å². The van der Waals surface area contributed by atoms with Gasteiger partial charge in [-0.1, -0.05) is 61.9 Å². The Labute approximate surface area is 143 Å². The van der Waals surface area contributed by atoms with Gasteiger partial charge < -0.3 is 9.88 Å². The molecule has 0 aliphatic carbocycles. The number of rotatable bonds is 7. The minimum atomic E-state index is 0.102. The van der Waals surface area contributed by atoms with Crippen LogP contribution in [0.5, 0.6) is 0 Å². The molecule has 0 saturated heterocycles. The van der Waals surface area contributed by atoms with E-state index in [2.05, 4.69) is 53.3 Å². The number of hydrogen-bond acceptors (Lipinski definition) is 1. The van der Waals surface area contributed by atoms with Gasteiger partial charge >= 0.3 is 0 Å². The molecule has 3 rings (SSSR count). The van der Waals surface area contributed by atoms with Crippen LogP contribution in [0.1, 0.15) is 37.8 Å². The van der Waals surface area contributed by atoms with Crippen LogP contribution in [0.25, 0.3) is 10.9 Å². The van der Waals surface area contributed by atoms with Crippen molar-refractivity contribution in [1.29, 1.82) is 0 Å². The summed E-state index contributed by atoms with van der Waals surface area (Å²) in [6.07, 6.45) is 4.55. The summed E-state index contributed by atoms with van der Waals surface area (Å²) in [6, 6.07) is 20.7. The molecule has 0 aliphatic rings. The van der Waals surface area contributed by atoms with Crippen molar-refractivity contribution in [1.82, 2.24) is 9.88 Å². The summed E-state index contributed by atoms with van der Waals surface area (Å²) in [5.41, 5.74) is 2.36. The van der Waals surface area contributed by atoms with Gasteiger partial charge in [-0.25, -0.2) is 0 Å². The summed E-state index contributed by atoms with van der Waals surface area (Å²) in [7, 11) is 0. The van der Waals surface area contributed by atoms with Crippen molar-refractivity contribution in [2.24, 2.45) is 0 Å². The van der Waals surface area contributed by atoms with E-state index in [1.165, 1.54) is 16.5 Å². The first-order valence-corrected chi connectivity index (χ1v) is 8.66. The van der Waals surface area contributed by atoms with Gasteiger partial charge in [0.15, 0.2) is 0 Å². The zero-order valence-electron chi connectivity index (χ0n) is 14.1. The van der Waals surface area contributed by atoms with Gasteiger partial charge in [0.1, 0.15) is 0 Å². The van der Waals surface area contributed by atoms with Crippen LogP contribution < -0.4 is 5.32 Å². The van der Waals surface area contributed by atoms with Gasteiger partial charge in [-0.15, -0.1) is 0 Å². The summed E-state index contributed by atoms with van der Waals surface area (Å²) in [6.45, 7) is 2.85. The molecule has 0 spiro atoms. The molecule has 0 bridgehead atoms. The van der Waals surface area contributed by atoms with Gasteiger partial charge in [0.2, 0.25) is 5.91 Å². The normalized spacial score (nSPS) is 12.2. The number of carbonyl (C=O) groups is 1. The molecule has 1 heterocycles. The van der Waals surface area contributed by atoms with Crippen LogP contribution >= 0.6 is 0 Å². The van der Waals surface area contributed by atoms with Gasteiger partial charge in [0.25, 0.3) is 0 Å². The average Bonchev–Trinajstić information content (AvgIpc) is 3.04. The summed E-state index contributed by atoms with van der Waals surface area (Å²) in [5.74, 6) is 0.107. The van der Waals surface area contributed by atoms with E-state index in [0.29, 0.717) is 13.0 Å². The van der Waals surface area contributed by atoms with Crippen LogP contribution in [0.3, 0.4) is 0 Å². The highest BCUT2D eigenvalue weighted by Crippen LogP contribution is 2.19. The second-order valence-corrected chi connectivity index (χ2v) is 6.14. The van der Waals surface area contributed by atoms with E-state index in [4.69, 9.17) is 0 Å². The number of hydrogen-bond donors (Lipinski definition) is 1. The topological polar surface area (TPSA) is 34.0 Å². The number of amides is 1. The maximum Gasteiger partial charge on any atom is 0.222 e. The van der Waals surface area contributed by atoms with Crippen LogP contribution in [0, 0.1) is 0 Å². The lowest BCUT2D eigenvalue weighted by Crippen LogP contribution is -2.29. The molecule has 3 nitrogen and oxygen atoms in total. The molecule has 3 aromatic rings. The molecular formula is C21H24N2O. The van der Waals surface area contributed by atoms with Crippen molar-refractivity contribution in [3.8, 4) is 0 Å². The molecule has 0 saturated carbocycles. The third-order valence-electron chi connectivity index (χ3n) is 4.37. The minimum Gasteiger partial charge on any atom is -0.349 e. The molecule has 124 valence electrons. The molecule has 24 heavy (non-hydrogen) atoms. The van der Waals surface area contributed by atoms with E-state index in [-0.39, 0.29) is 11.9 Å². The first kappa shape index (κ1) is 16.3. The Morgan fingerprint density at radius 3 is 2.58 bits per heavy atom. The largest absolute Gasteiger partial charge is 0.349 e. The lowest BCUT2D eigenvalue weighted by atomic mass is 10.0. The number of benzene rings is 2. The molecule has 0 radical (unpaired) electrons. The molecule has 1 amide bonds. The first-order chi connectivity index (χ1) is 11.8. The van der Waals surface area contributed by atoms with E-state index in [1.807, 2.05) is 30.3 Å². The quantitative estimate of drug-likeness (QED) is 0.673. The molecule has 1 aromatic heterocycles. The summed E-state index contributed by atoms with van der Waals surface area (Å²) in [5, 5.41) is 4.41. The molecule has 1 N–H and O–H groups in total. The molecule has 0 aliphatic heterocycles. The number of carbonyl (C=O) groups excluding carboxylic acids is 1. The highest BCUT2D eigenvalue weighted by molar-refractivity contribution is 5.80. The fraction of sp³-hybridized carbons (Fsp3) is 0.286. The zero-order valence-corrected chi connectivity index (χ0v) is 14.1. The molecular weight excluding hydrogens is 296 g/mol. The Morgan fingerprint density at radius 2 is 1.79 bits per heavy atom. The van der Waals surface area contributed by atoms with Gasteiger partial charge in [0, 0.05) is 24.7 Å². The van der Waals surface area contributed by atoms with Crippen LogP contribution in [-0.4, -0.2) is 10.5 Å². The summed E-state index contributed by atoms with van der Waals surface area (Å²) >= 11 is 0. The van der Waals surface area contributed by atoms with Gasteiger partial charge in [-0.3, -0.25) is 4.79 Å². The third kappa shape index (κ3) is 3.85. The predicted molar refractivity (Wildman–Crippen MR) is 98.8 cm³/mol. The Hall–Kier alpha value is -2.55. The molecule has 0 fully saturated rings. The molecule has 1 atom stereocenters. The van der Waals surface area contributed by atoms with Crippen molar-refractivity contribution in [2.45, 2.75) is 38.8 Å². The van der Waals surface area contributed by atoms with E-state index >= 15 is 0 Å². The number of nitrogens with one attached hydrogen (secondary N) is 1. The fourth-order valence-electron chi connectivity index (χ4n) is 3.12. The SMILES string of the molecule is CCCC(NC(=O)CCn1ccc2ccccc21)c1ccccc1. The van der Waals surface area contributed by atoms with Crippen molar-refractivity contribution in [2.75, 3.05) is 0 Å². The number of aryl methyl sites for hydroxylation is 1. The number of aromatic nitrogens is 1. The standard InChI is InChI=1S/C21H24N2O/c1-2-8-19(17-9-4-3-5-10-17)22-21(24)14-16-23-15-13-18-11-6-7-12-20(18)23/h3-7,9-13,15,19H,2,8,14,16H2,1H3,(H,22,24). The smallest absolute Gasteiger partial charge is 0.222 e. The molecule has 1 unspecified atom stereocenters. The maximum absolute atomic E-state index is 12.4. The zero-order chi connectivity index (χ0) is 16.8. The fourth-order valence-corrected chi connectivity index (χ4v) is 3.12. The Morgan fingerprint density at radius 1 is 1.04 bits per heavy atom. The van der Waals surface area contributed by atoms with Crippen molar-refractivity contribution < 1.29 is 4.79 Å². The average molecular weight is 320 g/mol. The van der Waals surface area contributed by atoms with Crippen LogP contribution in [0.2, 0.25) is 0 Å². The predicted octanol–water partition coefficient (Wildman–Crippen LogP) is 4.69. The monoisotopic (exact) mass is 320 g/mol. The van der Waals surface area contributed by atoms with Crippen molar-refractivity contribution in [3.05, 3.63) is 72.4 Å². The van der Waals surface area contributed by atoms with Gasteiger partial charge in [-0.2, -0.15) is 0 Å². The number of nitrogens with zero attached hydrogens (tertiary/aromatic N) is 1. The van der Waals surface area contributed by atoms with Crippen LogP contribution in [0.15, 0.2) is 66.9 Å². The lowest BCUT2D eigenvalue weighted by molar-refractivity contribution is -0.122. The van der Waals surface area contributed by atoms with Crippen molar-refractivity contribution in [3.63, 3.8) is 0 Å². The number of fused-ring (bicyclic) bond motifs is 1.